The second kappa shape index (κ2) is 6.49. The third-order valence-corrected chi connectivity index (χ3v) is 4.87. The van der Waals surface area contributed by atoms with Crippen LogP contribution in [0.2, 0.25) is 0 Å². The van der Waals surface area contributed by atoms with Crippen LogP contribution in [0.5, 0.6) is 0 Å². The molecule has 124 valence electrons. The van der Waals surface area contributed by atoms with Gasteiger partial charge in [0.25, 0.3) is 0 Å². The third kappa shape index (κ3) is 3.14. The van der Waals surface area contributed by atoms with Crippen LogP contribution >= 0.6 is 15.9 Å². The zero-order valence-corrected chi connectivity index (χ0v) is 14.6. The summed E-state index contributed by atoms with van der Waals surface area (Å²) in [6.07, 6.45) is 7.06. The van der Waals surface area contributed by atoms with Gasteiger partial charge in [-0.1, -0.05) is 0 Å². The molecule has 0 amide bonds. The second-order valence-corrected chi connectivity index (χ2v) is 6.96. The second-order valence-electron chi connectivity index (χ2n) is 6.15. The fourth-order valence-electron chi connectivity index (χ4n) is 3.14. The molecule has 0 aliphatic heterocycles. The van der Waals surface area contributed by atoms with Crippen molar-refractivity contribution in [1.82, 2.24) is 19.6 Å². The van der Waals surface area contributed by atoms with Crippen LogP contribution in [0.3, 0.4) is 0 Å². The van der Waals surface area contributed by atoms with Crippen molar-refractivity contribution >= 4 is 27.4 Å². The summed E-state index contributed by atoms with van der Waals surface area (Å²) < 4.78 is 2.63. The van der Waals surface area contributed by atoms with Crippen LogP contribution in [0.4, 0.5) is 5.82 Å². The maximum Gasteiger partial charge on any atom is 0.154 e. The van der Waals surface area contributed by atoms with E-state index in [2.05, 4.69) is 31.2 Å². The van der Waals surface area contributed by atoms with Crippen molar-refractivity contribution in [3.63, 3.8) is 0 Å². The summed E-state index contributed by atoms with van der Waals surface area (Å²) in [6, 6.07) is 8.18. The first kappa shape index (κ1) is 15.5. The lowest BCUT2D eigenvalue weighted by atomic mass is 9.93. The molecule has 0 radical (unpaired) electrons. The maximum atomic E-state index is 9.63. The number of anilines is 1. The highest BCUT2D eigenvalue weighted by Gasteiger charge is 2.19. The number of pyridine rings is 1. The van der Waals surface area contributed by atoms with Gasteiger partial charge >= 0.3 is 0 Å². The van der Waals surface area contributed by atoms with Crippen molar-refractivity contribution in [3.8, 4) is 11.3 Å². The summed E-state index contributed by atoms with van der Waals surface area (Å²) in [4.78, 5) is 8.59. The van der Waals surface area contributed by atoms with Crippen molar-refractivity contribution in [2.45, 2.75) is 37.8 Å². The predicted octanol–water partition coefficient (Wildman–Crippen LogP) is 3.27. The molecule has 3 heterocycles. The molecule has 1 saturated carbocycles. The number of halogens is 1. The van der Waals surface area contributed by atoms with E-state index in [-0.39, 0.29) is 6.10 Å². The van der Waals surface area contributed by atoms with Gasteiger partial charge in [0.15, 0.2) is 5.65 Å². The normalized spacial score (nSPS) is 21.1. The lowest BCUT2D eigenvalue weighted by Gasteiger charge is -2.26. The molecule has 3 aromatic rings. The van der Waals surface area contributed by atoms with Crippen LogP contribution < -0.4 is 5.32 Å². The summed E-state index contributed by atoms with van der Waals surface area (Å²) in [5.41, 5.74) is 2.74. The van der Waals surface area contributed by atoms with Crippen molar-refractivity contribution in [3.05, 3.63) is 41.3 Å². The molecule has 24 heavy (non-hydrogen) atoms. The zero-order chi connectivity index (χ0) is 16.5. The van der Waals surface area contributed by atoms with E-state index in [0.29, 0.717) is 6.04 Å². The summed E-state index contributed by atoms with van der Waals surface area (Å²) in [7, 11) is 0. The molecular formula is C17H18BrN5O. The molecule has 4 rings (SSSR count). The SMILES string of the molecule is OC1CCC(Nc2ccc3ncc(-c4ccnc(Br)c4)n3n2)CC1. The molecule has 3 aromatic heterocycles. The smallest absolute Gasteiger partial charge is 0.154 e. The molecule has 1 aliphatic rings. The van der Waals surface area contributed by atoms with Gasteiger partial charge in [0.05, 0.1) is 18.0 Å². The van der Waals surface area contributed by atoms with E-state index < -0.39 is 0 Å². The molecule has 0 atom stereocenters. The Morgan fingerprint density at radius 2 is 1.96 bits per heavy atom. The summed E-state index contributed by atoms with van der Waals surface area (Å²) in [5.74, 6) is 0.830. The van der Waals surface area contributed by atoms with Gasteiger partial charge < -0.3 is 10.4 Å². The number of aliphatic hydroxyl groups is 1. The first-order valence-electron chi connectivity index (χ1n) is 8.10. The monoisotopic (exact) mass is 387 g/mol. The maximum absolute atomic E-state index is 9.63. The van der Waals surface area contributed by atoms with E-state index in [9.17, 15) is 5.11 Å². The molecule has 1 aliphatic carbocycles. The summed E-state index contributed by atoms with van der Waals surface area (Å²) in [5, 5.41) is 17.8. The van der Waals surface area contributed by atoms with E-state index >= 15 is 0 Å². The van der Waals surface area contributed by atoms with Gasteiger partial charge in [0.2, 0.25) is 0 Å². The Bertz CT molecular complexity index is 857. The van der Waals surface area contributed by atoms with Gasteiger partial charge in [0.1, 0.15) is 10.4 Å². The van der Waals surface area contributed by atoms with Crippen molar-refractivity contribution in [1.29, 1.82) is 0 Å². The standard InChI is InChI=1S/C17H18BrN5O/c18-15-9-11(7-8-19-15)14-10-20-17-6-5-16(22-23(14)17)21-12-1-3-13(24)4-2-12/h5-10,12-13,24H,1-4H2,(H,21,22). The minimum Gasteiger partial charge on any atom is -0.393 e. The van der Waals surface area contributed by atoms with E-state index in [1.807, 2.05) is 35.0 Å². The average Bonchev–Trinajstić information content (AvgIpc) is 3.00. The highest BCUT2D eigenvalue weighted by Crippen LogP contribution is 2.24. The largest absolute Gasteiger partial charge is 0.393 e. The van der Waals surface area contributed by atoms with E-state index in [0.717, 1.165) is 53.0 Å². The Labute approximate surface area is 148 Å². The number of aliphatic hydroxyl groups excluding tert-OH is 1. The minimum atomic E-state index is -0.149. The van der Waals surface area contributed by atoms with Gasteiger partial charge in [0, 0.05) is 17.8 Å². The van der Waals surface area contributed by atoms with Crippen LogP contribution in [-0.4, -0.2) is 36.8 Å². The minimum absolute atomic E-state index is 0.149. The van der Waals surface area contributed by atoms with Crippen molar-refractivity contribution in [2.75, 3.05) is 5.32 Å². The molecular weight excluding hydrogens is 370 g/mol. The fourth-order valence-corrected chi connectivity index (χ4v) is 3.50. The molecule has 0 spiro atoms. The molecule has 1 fully saturated rings. The number of nitrogens with zero attached hydrogens (tertiary/aromatic N) is 4. The Hall–Kier alpha value is -1.99. The Balaban J connectivity index is 1.63. The number of hydrogen-bond acceptors (Lipinski definition) is 5. The lowest BCUT2D eigenvalue weighted by Crippen LogP contribution is -2.28. The number of imidazole rings is 1. The fraction of sp³-hybridized carbons (Fsp3) is 0.353. The van der Waals surface area contributed by atoms with Gasteiger partial charge in [-0.3, -0.25) is 0 Å². The number of nitrogens with one attached hydrogen (secondary N) is 1. The van der Waals surface area contributed by atoms with Crippen molar-refractivity contribution < 1.29 is 5.11 Å². The molecule has 7 heteroatoms. The van der Waals surface area contributed by atoms with Crippen LogP contribution in [0.1, 0.15) is 25.7 Å². The predicted molar refractivity (Wildman–Crippen MR) is 95.8 cm³/mol. The van der Waals surface area contributed by atoms with E-state index in [1.54, 1.807) is 6.20 Å². The van der Waals surface area contributed by atoms with E-state index in [1.165, 1.54) is 0 Å². The third-order valence-electron chi connectivity index (χ3n) is 4.43. The Morgan fingerprint density at radius 1 is 1.12 bits per heavy atom. The number of fused-ring (bicyclic) bond motifs is 1. The topological polar surface area (TPSA) is 75.3 Å². The molecule has 0 unspecified atom stereocenters. The Kier molecular flexibility index (Phi) is 4.20. The number of aromatic nitrogens is 4. The quantitative estimate of drug-likeness (QED) is 0.674. The average molecular weight is 388 g/mol. The highest BCUT2D eigenvalue weighted by atomic mass is 79.9. The zero-order valence-electron chi connectivity index (χ0n) is 13.1. The van der Waals surface area contributed by atoms with Crippen LogP contribution in [0.15, 0.2) is 41.3 Å². The summed E-state index contributed by atoms with van der Waals surface area (Å²) >= 11 is 3.40. The van der Waals surface area contributed by atoms with Gasteiger partial charge in [-0.2, -0.15) is 0 Å². The number of rotatable bonds is 3. The van der Waals surface area contributed by atoms with Crippen LogP contribution in [-0.2, 0) is 0 Å². The molecule has 6 nitrogen and oxygen atoms in total. The Morgan fingerprint density at radius 3 is 2.75 bits per heavy atom. The van der Waals surface area contributed by atoms with Gasteiger partial charge in [-0.25, -0.2) is 14.5 Å². The lowest BCUT2D eigenvalue weighted by molar-refractivity contribution is 0.126. The first-order chi connectivity index (χ1) is 11.7. The number of hydrogen-bond donors (Lipinski definition) is 2. The van der Waals surface area contributed by atoms with E-state index in [4.69, 9.17) is 5.10 Å². The molecule has 2 N–H and O–H groups in total. The van der Waals surface area contributed by atoms with Crippen LogP contribution in [0.25, 0.3) is 16.9 Å². The molecule has 0 aromatic carbocycles. The highest BCUT2D eigenvalue weighted by molar-refractivity contribution is 9.10. The first-order valence-corrected chi connectivity index (χ1v) is 8.89. The van der Waals surface area contributed by atoms with Gasteiger partial charge in [-0.15, -0.1) is 5.10 Å². The molecule has 0 saturated heterocycles. The van der Waals surface area contributed by atoms with Gasteiger partial charge in [-0.05, 0) is 65.9 Å². The van der Waals surface area contributed by atoms with Crippen LogP contribution in [0, 0.1) is 0 Å². The summed E-state index contributed by atoms with van der Waals surface area (Å²) in [6.45, 7) is 0. The van der Waals surface area contributed by atoms with Crippen molar-refractivity contribution in [2.24, 2.45) is 0 Å². The molecule has 0 bridgehead atoms.